The van der Waals surface area contributed by atoms with Crippen LogP contribution in [-0.2, 0) is 4.79 Å². The maximum absolute atomic E-state index is 11.7. The molecule has 3 N–H and O–H groups in total. The summed E-state index contributed by atoms with van der Waals surface area (Å²) in [5.41, 5.74) is 8.27. The first-order valence-corrected chi connectivity index (χ1v) is 5.34. The molecule has 1 aliphatic rings. The smallest absolute Gasteiger partial charge is 0.227 e. The number of nitrogens with two attached hydrogens (primary N) is 1. The molecule has 1 aromatic carbocycles. The lowest BCUT2D eigenvalue weighted by Gasteiger charge is -2.24. The van der Waals surface area contributed by atoms with E-state index in [1.165, 1.54) is 6.42 Å². The van der Waals surface area contributed by atoms with Crippen LogP contribution in [0.4, 0.5) is 11.4 Å². The highest BCUT2D eigenvalue weighted by Gasteiger charge is 2.25. The van der Waals surface area contributed by atoms with E-state index in [9.17, 15) is 4.79 Å². The van der Waals surface area contributed by atoms with Crippen LogP contribution in [0.15, 0.2) is 18.2 Å². The van der Waals surface area contributed by atoms with Gasteiger partial charge in [0.1, 0.15) is 0 Å². The molecule has 1 fully saturated rings. The monoisotopic (exact) mass is 204 g/mol. The molecule has 0 radical (unpaired) electrons. The maximum Gasteiger partial charge on any atom is 0.227 e. The highest BCUT2D eigenvalue weighted by molar-refractivity contribution is 5.93. The Kier molecular flexibility index (Phi) is 2.62. The Hall–Kier alpha value is -1.51. The van der Waals surface area contributed by atoms with Gasteiger partial charge in [0, 0.05) is 17.3 Å². The molecule has 0 bridgehead atoms. The van der Waals surface area contributed by atoms with E-state index in [0.717, 1.165) is 29.8 Å². The number of hydrogen-bond donors (Lipinski definition) is 2. The fourth-order valence-electron chi connectivity index (χ4n) is 1.73. The number of carbonyl (C=O) groups is 1. The number of hydrogen-bond acceptors (Lipinski definition) is 2. The predicted octanol–water partition coefficient (Wildman–Crippen LogP) is 2.32. The Balaban J connectivity index is 2.06. The molecular weight excluding hydrogens is 188 g/mol. The third-order valence-electron chi connectivity index (χ3n) is 2.98. The molecule has 0 spiro atoms. The van der Waals surface area contributed by atoms with Gasteiger partial charge in [-0.15, -0.1) is 0 Å². The first kappa shape index (κ1) is 10.0. The van der Waals surface area contributed by atoms with E-state index in [1.54, 1.807) is 0 Å². The fourth-order valence-corrected chi connectivity index (χ4v) is 1.73. The van der Waals surface area contributed by atoms with E-state index in [2.05, 4.69) is 5.32 Å². The Morgan fingerprint density at radius 3 is 2.73 bits per heavy atom. The normalized spacial score (nSPS) is 15.8. The standard InChI is InChI=1S/C12H16N2O/c1-8-7-10(13)5-6-11(8)14-12(15)9-3-2-4-9/h5-7,9H,2-4,13H2,1H3,(H,14,15). The number of amides is 1. The fraction of sp³-hybridized carbons (Fsp3) is 0.417. The molecule has 0 heterocycles. The summed E-state index contributed by atoms with van der Waals surface area (Å²) in [4.78, 5) is 11.7. The Bertz CT molecular complexity index is 383. The molecule has 1 aromatic rings. The number of rotatable bonds is 2. The third kappa shape index (κ3) is 2.12. The molecule has 0 saturated heterocycles. The Labute approximate surface area is 89.7 Å². The van der Waals surface area contributed by atoms with Crippen LogP contribution in [-0.4, -0.2) is 5.91 Å². The molecule has 2 rings (SSSR count). The summed E-state index contributed by atoms with van der Waals surface area (Å²) in [6.07, 6.45) is 3.23. The zero-order valence-corrected chi connectivity index (χ0v) is 8.92. The second kappa shape index (κ2) is 3.93. The van der Waals surface area contributed by atoms with Crippen LogP contribution in [0.5, 0.6) is 0 Å². The van der Waals surface area contributed by atoms with E-state index < -0.39 is 0 Å². The number of nitrogens with one attached hydrogen (secondary N) is 1. The molecule has 1 amide bonds. The molecule has 1 aliphatic carbocycles. The largest absolute Gasteiger partial charge is 0.399 e. The summed E-state index contributed by atoms with van der Waals surface area (Å²) in [6.45, 7) is 1.95. The van der Waals surface area contributed by atoms with Crippen LogP contribution in [0.25, 0.3) is 0 Å². The first-order chi connectivity index (χ1) is 7.16. The molecule has 80 valence electrons. The molecule has 3 heteroatoms. The van der Waals surface area contributed by atoms with E-state index >= 15 is 0 Å². The number of benzene rings is 1. The minimum absolute atomic E-state index is 0.147. The molecule has 15 heavy (non-hydrogen) atoms. The number of aryl methyl sites for hydroxylation is 1. The Morgan fingerprint density at radius 1 is 1.47 bits per heavy atom. The molecule has 3 nitrogen and oxygen atoms in total. The summed E-state index contributed by atoms with van der Waals surface area (Å²) < 4.78 is 0. The highest BCUT2D eigenvalue weighted by atomic mass is 16.1. The van der Waals surface area contributed by atoms with Gasteiger partial charge in [-0.2, -0.15) is 0 Å². The minimum Gasteiger partial charge on any atom is -0.399 e. The van der Waals surface area contributed by atoms with Gasteiger partial charge in [0.15, 0.2) is 0 Å². The van der Waals surface area contributed by atoms with Crippen molar-refractivity contribution in [2.24, 2.45) is 5.92 Å². The van der Waals surface area contributed by atoms with Gasteiger partial charge in [-0.3, -0.25) is 4.79 Å². The van der Waals surface area contributed by atoms with Gasteiger partial charge in [-0.25, -0.2) is 0 Å². The van der Waals surface area contributed by atoms with Crippen LogP contribution in [0.2, 0.25) is 0 Å². The number of carbonyl (C=O) groups excluding carboxylic acids is 1. The van der Waals surface area contributed by atoms with Crippen molar-refractivity contribution in [3.05, 3.63) is 23.8 Å². The SMILES string of the molecule is Cc1cc(N)ccc1NC(=O)C1CCC1. The zero-order valence-electron chi connectivity index (χ0n) is 8.92. The van der Waals surface area contributed by atoms with Gasteiger partial charge in [-0.05, 0) is 43.5 Å². The average molecular weight is 204 g/mol. The van der Waals surface area contributed by atoms with Crippen molar-refractivity contribution in [2.75, 3.05) is 11.1 Å². The molecule has 0 unspecified atom stereocenters. The second-order valence-electron chi connectivity index (χ2n) is 4.19. The topological polar surface area (TPSA) is 55.1 Å². The molecule has 0 aliphatic heterocycles. The molecule has 0 aromatic heterocycles. The van der Waals surface area contributed by atoms with Crippen molar-refractivity contribution in [1.29, 1.82) is 0 Å². The summed E-state index contributed by atoms with van der Waals surface area (Å²) in [5, 5.41) is 2.94. The zero-order chi connectivity index (χ0) is 10.8. The lowest BCUT2D eigenvalue weighted by molar-refractivity contribution is -0.122. The van der Waals surface area contributed by atoms with E-state index in [-0.39, 0.29) is 11.8 Å². The van der Waals surface area contributed by atoms with Gasteiger partial charge >= 0.3 is 0 Å². The predicted molar refractivity (Wildman–Crippen MR) is 61.6 cm³/mol. The lowest BCUT2D eigenvalue weighted by atomic mass is 9.85. The quantitative estimate of drug-likeness (QED) is 0.726. The van der Waals surface area contributed by atoms with Gasteiger partial charge in [0.05, 0.1) is 0 Å². The minimum atomic E-state index is 0.147. The van der Waals surface area contributed by atoms with Crippen molar-refractivity contribution in [1.82, 2.24) is 0 Å². The Morgan fingerprint density at radius 2 is 2.20 bits per heavy atom. The highest BCUT2D eigenvalue weighted by Crippen LogP contribution is 2.28. The van der Waals surface area contributed by atoms with Crippen LogP contribution in [0.1, 0.15) is 24.8 Å². The molecule has 1 saturated carbocycles. The third-order valence-corrected chi connectivity index (χ3v) is 2.98. The van der Waals surface area contributed by atoms with Crippen LogP contribution in [0.3, 0.4) is 0 Å². The number of nitrogen functional groups attached to an aromatic ring is 1. The summed E-state index contributed by atoms with van der Waals surface area (Å²) >= 11 is 0. The van der Waals surface area contributed by atoms with Gasteiger partial charge in [0.25, 0.3) is 0 Å². The maximum atomic E-state index is 11.7. The summed E-state index contributed by atoms with van der Waals surface area (Å²) in [6, 6.07) is 5.54. The first-order valence-electron chi connectivity index (χ1n) is 5.34. The van der Waals surface area contributed by atoms with Crippen molar-refractivity contribution in [2.45, 2.75) is 26.2 Å². The van der Waals surface area contributed by atoms with Crippen molar-refractivity contribution in [3.63, 3.8) is 0 Å². The van der Waals surface area contributed by atoms with Crippen molar-refractivity contribution in [3.8, 4) is 0 Å². The van der Waals surface area contributed by atoms with Crippen LogP contribution < -0.4 is 11.1 Å². The van der Waals surface area contributed by atoms with Crippen LogP contribution in [0, 0.1) is 12.8 Å². The van der Waals surface area contributed by atoms with Gasteiger partial charge in [-0.1, -0.05) is 6.42 Å². The lowest BCUT2D eigenvalue weighted by Crippen LogP contribution is -2.28. The molecule has 0 atom stereocenters. The second-order valence-corrected chi connectivity index (χ2v) is 4.19. The van der Waals surface area contributed by atoms with E-state index in [0.29, 0.717) is 0 Å². The van der Waals surface area contributed by atoms with Crippen molar-refractivity contribution < 1.29 is 4.79 Å². The average Bonchev–Trinajstić information content (AvgIpc) is 2.07. The number of anilines is 2. The van der Waals surface area contributed by atoms with Gasteiger partial charge in [0.2, 0.25) is 5.91 Å². The van der Waals surface area contributed by atoms with Crippen LogP contribution >= 0.6 is 0 Å². The molecular formula is C12H16N2O. The van der Waals surface area contributed by atoms with Gasteiger partial charge < -0.3 is 11.1 Å². The summed E-state index contributed by atoms with van der Waals surface area (Å²) in [5.74, 6) is 0.371. The van der Waals surface area contributed by atoms with E-state index in [1.807, 2.05) is 25.1 Å². The van der Waals surface area contributed by atoms with E-state index in [4.69, 9.17) is 5.73 Å². The van der Waals surface area contributed by atoms with Crippen molar-refractivity contribution >= 4 is 17.3 Å². The summed E-state index contributed by atoms with van der Waals surface area (Å²) in [7, 11) is 0.